The zero-order valence-corrected chi connectivity index (χ0v) is 14.4. The van der Waals surface area contributed by atoms with Gasteiger partial charge in [-0.05, 0) is 44.4 Å². The van der Waals surface area contributed by atoms with Crippen LogP contribution in [0.3, 0.4) is 0 Å². The van der Waals surface area contributed by atoms with Gasteiger partial charge in [0, 0.05) is 25.2 Å². The van der Waals surface area contributed by atoms with Crippen LogP contribution in [0, 0.1) is 5.92 Å². The van der Waals surface area contributed by atoms with E-state index in [9.17, 15) is 4.79 Å². The Morgan fingerprint density at radius 2 is 1.23 bits per heavy atom. The van der Waals surface area contributed by atoms with Gasteiger partial charge in [-0.1, -0.05) is 45.4 Å². The molecule has 1 saturated heterocycles. The smallest absolute Gasteiger partial charge is 0.320 e. The normalized spacial score (nSPS) is 26.1. The molecule has 22 heavy (non-hydrogen) atoms. The van der Waals surface area contributed by atoms with Gasteiger partial charge in [-0.3, -0.25) is 0 Å². The van der Waals surface area contributed by atoms with E-state index in [0.717, 1.165) is 19.0 Å². The maximum Gasteiger partial charge on any atom is 0.320 e. The van der Waals surface area contributed by atoms with Gasteiger partial charge in [-0.15, -0.1) is 0 Å². The molecule has 3 fully saturated rings. The Labute approximate surface area is 136 Å². The van der Waals surface area contributed by atoms with Crippen LogP contribution in [-0.2, 0) is 0 Å². The van der Waals surface area contributed by atoms with Gasteiger partial charge in [0.1, 0.15) is 0 Å². The van der Waals surface area contributed by atoms with Crippen molar-refractivity contribution >= 4 is 6.03 Å². The maximum atomic E-state index is 13.3. The molecule has 0 N–H and O–H groups in total. The van der Waals surface area contributed by atoms with Crippen LogP contribution >= 0.6 is 0 Å². The predicted octanol–water partition coefficient (Wildman–Crippen LogP) is 4.81. The maximum absolute atomic E-state index is 13.3. The summed E-state index contributed by atoms with van der Waals surface area (Å²) in [6, 6.07) is 1.44. The molecule has 126 valence electrons. The zero-order chi connectivity index (χ0) is 15.4. The predicted molar refractivity (Wildman–Crippen MR) is 91.0 cm³/mol. The summed E-state index contributed by atoms with van der Waals surface area (Å²) in [4.78, 5) is 17.8. The van der Waals surface area contributed by atoms with E-state index < -0.39 is 0 Å². The lowest BCUT2D eigenvalue weighted by Crippen LogP contribution is -2.55. The average Bonchev–Trinajstić information content (AvgIpc) is 2.57. The number of rotatable bonds is 2. The molecule has 0 unspecified atom stereocenters. The van der Waals surface area contributed by atoms with Gasteiger partial charge in [-0.25, -0.2) is 4.79 Å². The third kappa shape index (κ3) is 3.78. The van der Waals surface area contributed by atoms with Crippen LogP contribution in [0.2, 0.25) is 0 Å². The van der Waals surface area contributed by atoms with Crippen molar-refractivity contribution in [3.63, 3.8) is 0 Å². The molecule has 3 rings (SSSR count). The highest BCUT2D eigenvalue weighted by Gasteiger charge is 2.35. The van der Waals surface area contributed by atoms with Gasteiger partial charge < -0.3 is 9.80 Å². The fraction of sp³-hybridized carbons (Fsp3) is 0.947. The summed E-state index contributed by atoms with van der Waals surface area (Å²) in [6.07, 6.45) is 15.4. The summed E-state index contributed by atoms with van der Waals surface area (Å²) in [7, 11) is 0. The fourth-order valence-electron chi connectivity index (χ4n) is 4.69. The Bertz CT molecular complexity index is 332. The Morgan fingerprint density at radius 3 is 1.68 bits per heavy atom. The lowest BCUT2D eigenvalue weighted by Gasteiger charge is -2.45. The van der Waals surface area contributed by atoms with Crippen LogP contribution in [0.25, 0.3) is 0 Å². The van der Waals surface area contributed by atoms with E-state index in [1.165, 1.54) is 77.0 Å². The molecule has 0 spiro atoms. The zero-order valence-electron chi connectivity index (χ0n) is 14.4. The molecular formula is C19H34N2O. The number of piperidine rings is 1. The van der Waals surface area contributed by atoms with Gasteiger partial charge in [-0.2, -0.15) is 0 Å². The number of hydrogen-bond acceptors (Lipinski definition) is 1. The van der Waals surface area contributed by atoms with Crippen molar-refractivity contribution in [3.8, 4) is 0 Å². The molecule has 3 heteroatoms. The lowest BCUT2D eigenvalue weighted by atomic mass is 9.88. The third-order valence-electron chi connectivity index (χ3n) is 6.21. The van der Waals surface area contributed by atoms with Crippen molar-refractivity contribution in [2.45, 2.75) is 96.1 Å². The molecule has 2 saturated carbocycles. The Balaban J connectivity index is 1.70. The molecular weight excluding hydrogens is 272 g/mol. The molecule has 2 aliphatic carbocycles. The quantitative estimate of drug-likeness (QED) is 0.718. The van der Waals surface area contributed by atoms with E-state index in [4.69, 9.17) is 0 Å². The van der Waals surface area contributed by atoms with E-state index in [1.807, 2.05) is 0 Å². The second-order valence-electron chi connectivity index (χ2n) is 7.94. The van der Waals surface area contributed by atoms with Crippen molar-refractivity contribution in [1.29, 1.82) is 0 Å². The molecule has 2 amide bonds. The van der Waals surface area contributed by atoms with E-state index >= 15 is 0 Å². The first-order chi connectivity index (χ1) is 10.8. The van der Waals surface area contributed by atoms with Crippen LogP contribution in [0.15, 0.2) is 0 Å². The van der Waals surface area contributed by atoms with Crippen LogP contribution < -0.4 is 0 Å². The summed E-state index contributed by atoms with van der Waals surface area (Å²) in [6.45, 7) is 4.29. The molecule has 1 aliphatic heterocycles. The summed E-state index contributed by atoms with van der Waals surface area (Å²) in [5.74, 6) is 0.793. The Hall–Kier alpha value is -0.730. The van der Waals surface area contributed by atoms with Crippen molar-refractivity contribution in [2.75, 3.05) is 13.1 Å². The lowest BCUT2D eigenvalue weighted by molar-refractivity contribution is 0.0706. The van der Waals surface area contributed by atoms with Crippen LogP contribution in [0.1, 0.15) is 84.0 Å². The van der Waals surface area contributed by atoms with Crippen LogP contribution in [0.5, 0.6) is 0 Å². The molecule has 1 heterocycles. The number of amides is 2. The van der Waals surface area contributed by atoms with Gasteiger partial charge in [0.25, 0.3) is 0 Å². The topological polar surface area (TPSA) is 23.6 Å². The number of carbonyl (C=O) groups excluding carboxylic acids is 1. The van der Waals surface area contributed by atoms with E-state index in [-0.39, 0.29) is 0 Å². The minimum atomic E-state index is 0.380. The van der Waals surface area contributed by atoms with Crippen molar-refractivity contribution < 1.29 is 4.79 Å². The average molecular weight is 306 g/mol. The number of urea groups is 1. The highest BCUT2D eigenvalue weighted by atomic mass is 16.2. The monoisotopic (exact) mass is 306 g/mol. The van der Waals surface area contributed by atoms with Crippen LogP contribution in [-0.4, -0.2) is 41.0 Å². The summed E-state index contributed by atoms with van der Waals surface area (Å²) in [5.41, 5.74) is 0. The van der Waals surface area contributed by atoms with Crippen LogP contribution in [0.4, 0.5) is 4.79 Å². The largest absolute Gasteiger partial charge is 0.325 e. The van der Waals surface area contributed by atoms with Gasteiger partial charge >= 0.3 is 6.03 Å². The fourth-order valence-corrected chi connectivity index (χ4v) is 4.69. The standard InChI is InChI=1S/C19H34N2O/c1-16-12-14-20(15-13-16)19(22)21(17-8-4-2-5-9-17)18-10-6-3-7-11-18/h16-18H,2-15H2,1H3. The third-order valence-corrected chi connectivity index (χ3v) is 6.21. The SMILES string of the molecule is CC1CCN(C(=O)N(C2CCCCC2)C2CCCCC2)CC1. The van der Waals surface area contributed by atoms with E-state index in [1.54, 1.807) is 0 Å². The number of carbonyl (C=O) groups is 1. The van der Waals surface area contributed by atoms with E-state index in [0.29, 0.717) is 18.1 Å². The molecule has 0 atom stereocenters. The minimum absolute atomic E-state index is 0.380. The minimum Gasteiger partial charge on any atom is -0.325 e. The molecule has 3 nitrogen and oxygen atoms in total. The summed E-state index contributed by atoms with van der Waals surface area (Å²) in [5, 5.41) is 0. The molecule has 0 aromatic carbocycles. The molecule has 3 aliphatic rings. The number of likely N-dealkylation sites (tertiary alicyclic amines) is 1. The number of nitrogens with zero attached hydrogens (tertiary/aromatic N) is 2. The molecule has 0 bridgehead atoms. The van der Waals surface area contributed by atoms with E-state index in [2.05, 4.69) is 16.7 Å². The highest BCUT2D eigenvalue weighted by Crippen LogP contribution is 2.31. The van der Waals surface area contributed by atoms with Crippen molar-refractivity contribution in [2.24, 2.45) is 5.92 Å². The summed E-state index contributed by atoms with van der Waals surface area (Å²) < 4.78 is 0. The Morgan fingerprint density at radius 1 is 0.773 bits per heavy atom. The second-order valence-corrected chi connectivity index (χ2v) is 7.94. The first-order valence-corrected chi connectivity index (χ1v) is 9.83. The first-order valence-electron chi connectivity index (χ1n) is 9.83. The van der Waals surface area contributed by atoms with Crippen molar-refractivity contribution in [1.82, 2.24) is 9.80 Å². The molecule has 0 radical (unpaired) electrons. The van der Waals surface area contributed by atoms with Gasteiger partial charge in [0.15, 0.2) is 0 Å². The highest BCUT2D eigenvalue weighted by molar-refractivity contribution is 5.75. The molecule has 0 aromatic heterocycles. The second kappa shape index (κ2) is 7.70. The number of hydrogen-bond donors (Lipinski definition) is 0. The Kier molecular flexibility index (Phi) is 5.65. The van der Waals surface area contributed by atoms with Gasteiger partial charge in [0.05, 0.1) is 0 Å². The summed E-state index contributed by atoms with van der Waals surface area (Å²) >= 11 is 0. The molecule has 0 aromatic rings. The van der Waals surface area contributed by atoms with Crippen molar-refractivity contribution in [3.05, 3.63) is 0 Å². The van der Waals surface area contributed by atoms with Gasteiger partial charge in [0.2, 0.25) is 0 Å². The first kappa shape index (κ1) is 16.1.